The SMILES string of the molecule is O=CC1CCC2(CC1)CCN(C=O)CC2. The zero-order valence-corrected chi connectivity index (χ0v) is 9.15. The van der Waals surface area contributed by atoms with Crippen molar-refractivity contribution >= 4 is 12.7 Å². The number of nitrogens with zero attached hydrogens (tertiary/aromatic N) is 1. The first kappa shape index (κ1) is 10.7. The van der Waals surface area contributed by atoms with Crippen molar-refractivity contribution in [2.75, 3.05) is 13.1 Å². The number of aldehydes is 1. The summed E-state index contributed by atoms with van der Waals surface area (Å²) in [6.07, 6.45) is 8.84. The Labute approximate surface area is 90.8 Å². The predicted octanol–water partition coefficient (Wildman–Crippen LogP) is 1.61. The third kappa shape index (κ3) is 2.21. The van der Waals surface area contributed by atoms with Gasteiger partial charge in [0, 0.05) is 19.0 Å². The molecule has 0 aromatic heterocycles. The Morgan fingerprint density at radius 3 is 2.07 bits per heavy atom. The van der Waals surface area contributed by atoms with Crippen LogP contribution < -0.4 is 0 Å². The number of carbonyl (C=O) groups excluding carboxylic acids is 2. The molecule has 1 saturated carbocycles. The minimum atomic E-state index is 0.305. The van der Waals surface area contributed by atoms with Crippen molar-refractivity contribution in [2.45, 2.75) is 38.5 Å². The first-order valence-electron chi connectivity index (χ1n) is 5.93. The second-order valence-electron chi connectivity index (χ2n) is 5.11. The average molecular weight is 209 g/mol. The molecule has 0 aromatic carbocycles. The van der Waals surface area contributed by atoms with Gasteiger partial charge in [-0.15, -0.1) is 0 Å². The molecule has 84 valence electrons. The lowest BCUT2D eigenvalue weighted by Gasteiger charge is -2.44. The van der Waals surface area contributed by atoms with Crippen LogP contribution in [0.15, 0.2) is 0 Å². The van der Waals surface area contributed by atoms with E-state index in [1.54, 1.807) is 0 Å². The van der Waals surface area contributed by atoms with Crippen molar-refractivity contribution in [3.05, 3.63) is 0 Å². The number of likely N-dealkylation sites (tertiary alicyclic amines) is 1. The smallest absolute Gasteiger partial charge is 0.209 e. The normalized spacial score (nSPS) is 26.5. The molecular formula is C12H19NO2. The number of rotatable bonds is 2. The predicted molar refractivity (Wildman–Crippen MR) is 57.3 cm³/mol. The Kier molecular flexibility index (Phi) is 3.08. The molecule has 2 aliphatic rings. The van der Waals surface area contributed by atoms with Crippen LogP contribution in [0.25, 0.3) is 0 Å². The first-order valence-corrected chi connectivity index (χ1v) is 5.93. The van der Waals surface area contributed by atoms with Crippen LogP contribution >= 0.6 is 0 Å². The fourth-order valence-electron chi connectivity index (χ4n) is 2.99. The lowest BCUT2D eigenvalue weighted by Crippen LogP contribution is -2.41. The van der Waals surface area contributed by atoms with Crippen molar-refractivity contribution in [3.63, 3.8) is 0 Å². The van der Waals surface area contributed by atoms with E-state index in [9.17, 15) is 9.59 Å². The molecule has 0 unspecified atom stereocenters. The minimum absolute atomic E-state index is 0.305. The molecule has 3 heteroatoms. The number of carbonyl (C=O) groups is 2. The summed E-state index contributed by atoms with van der Waals surface area (Å²) in [5.74, 6) is 0.305. The molecule has 0 aromatic rings. The Balaban J connectivity index is 1.88. The van der Waals surface area contributed by atoms with Crippen LogP contribution in [-0.4, -0.2) is 30.7 Å². The van der Waals surface area contributed by atoms with Crippen LogP contribution in [0, 0.1) is 11.3 Å². The van der Waals surface area contributed by atoms with Crippen LogP contribution in [0.1, 0.15) is 38.5 Å². The molecule has 15 heavy (non-hydrogen) atoms. The lowest BCUT2D eigenvalue weighted by molar-refractivity contribution is -0.120. The monoisotopic (exact) mass is 209 g/mol. The molecule has 1 saturated heterocycles. The Morgan fingerprint density at radius 2 is 1.60 bits per heavy atom. The highest BCUT2D eigenvalue weighted by atomic mass is 16.1. The molecule has 3 nitrogen and oxygen atoms in total. The molecule has 1 amide bonds. The van der Waals surface area contributed by atoms with Gasteiger partial charge in [-0.1, -0.05) is 0 Å². The molecule has 1 spiro atoms. The summed E-state index contributed by atoms with van der Waals surface area (Å²) in [6, 6.07) is 0. The van der Waals surface area contributed by atoms with Gasteiger partial charge in [0.25, 0.3) is 0 Å². The van der Waals surface area contributed by atoms with Gasteiger partial charge < -0.3 is 9.69 Å². The van der Waals surface area contributed by atoms with Gasteiger partial charge in [0.2, 0.25) is 6.41 Å². The van der Waals surface area contributed by atoms with E-state index in [-0.39, 0.29) is 0 Å². The Hall–Kier alpha value is -0.860. The number of hydrogen-bond donors (Lipinski definition) is 0. The summed E-state index contributed by atoms with van der Waals surface area (Å²) >= 11 is 0. The highest BCUT2D eigenvalue weighted by Crippen LogP contribution is 2.45. The van der Waals surface area contributed by atoms with Gasteiger partial charge in [-0.2, -0.15) is 0 Å². The standard InChI is InChI=1S/C12H19NO2/c14-9-11-1-3-12(4-2-11)5-7-13(10-15)8-6-12/h9-11H,1-8H2. The molecule has 2 rings (SSSR count). The zero-order valence-electron chi connectivity index (χ0n) is 9.15. The second kappa shape index (κ2) is 4.33. The van der Waals surface area contributed by atoms with Crippen LogP contribution in [0.3, 0.4) is 0 Å². The maximum atomic E-state index is 10.7. The van der Waals surface area contributed by atoms with Gasteiger partial charge in [-0.3, -0.25) is 4.79 Å². The molecule has 1 aliphatic carbocycles. The number of piperidine rings is 1. The van der Waals surface area contributed by atoms with Crippen molar-refractivity contribution < 1.29 is 9.59 Å². The number of hydrogen-bond acceptors (Lipinski definition) is 2. The van der Waals surface area contributed by atoms with Crippen LogP contribution in [0.2, 0.25) is 0 Å². The second-order valence-corrected chi connectivity index (χ2v) is 5.11. The topological polar surface area (TPSA) is 37.4 Å². The summed E-state index contributed by atoms with van der Waals surface area (Å²) < 4.78 is 0. The summed E-state index contributed by atoms with van der Waals surface area (Å²) in [5.41, 5.74) is 0.457. The molecule has 1 aliphatic heterocycles. The van der Waals surface area contributed by atoms with Crippen molar-refractivity contribution in [3.8, 4) is 0 Å². The molecule has 0 bridgehead atoms. The van der Waals surface area contributed by atoms with E-state index in [0.29, 0.717) is 11.3 Å². The maximum Gasteiger partial charge on any atom is 0.209 e. The van der Waals surface area contributed by atoms with E-state index in [0.717, 1.165) is 51.5 Å². The average Bonchev–Trinajstić information content (AvgIpc) is 2.31. The van der Waals surface area contributed by atoms with Gasteiger partial charge in [0.1, 0.15) is 6.29 Å². The van der Waals surface area contributed by atoms with E-state index in [1.165, 1.54) is 12.8 Å². The minimum Gasteiger partial charge on any atom is -0.345 e. The van der Waals surface area contributed by atoms with E-state index < -0.39 is 0 Å². The quantitative estimate of drug-likeness (QED) is 0.648. The Morgan fingerprint density at radius 1 is 1.00 bits per heavy atom. The molecule has 0 radical (unpaired) electrons. The van der Waals surface area contributed by atoms with Gasteiger partial charge in [0.15, 0.2) is 0 Å². The van der Waals surface area contributed by atoms with Crippen molar-refractivity contribution in [1.29, 1.82) is 0 Å². The van der Waals surface area contributed by atoms with Gasteiger partial charge in [-0.25, -0.2) is 0 Å². The highest BCUT2D eigenvalue weighted by Gasteiger charge is 2.37. The van der Waals surface area contributed by atoms with Crippen molar-refractivity contribution in [1.82, 2.24) is 4.90 Å². The van der Waals surface area contributed by atoms with Crippen LogP contribution in [-0.2, 0) is 9.59 Å². The number of amides is 1. The van der Waals surface area contributed by atoms with E-state index in [2.05, 4.69) is 0 Å². The first-order chi connectivity index (χ1) is 7.28. The molecular weight excluding hydrogens is 190 g/mol. The van der Waals surface area contributed by atoms with E-state index in [4.69, 9.17) is 0 Å². The van der Waals surface area contributed by atoms with Crippen LogP contribution in [0.5, 0.6) is 0 Å². The summed E-state index contributed by atoms with van der Waals surface area (Å²) in [4.78, 5) is 23.2. The van der Waals surface area contributed by atoms with Gasteiger partial charge in [0.05, 0.1) is 0 Å². The molecule has 2 fully saturated rings. The van der Waals surface area contributed by atoms with Crippen LogP contribution in [0.4, 0.5) is 0 Å². The highest BCUT2D eigenvalue weighted by molar-refractivity contribution is 5.53. The summed E-state index contributed by atoms with van der Waals surface area (Å²) in [5, 5.41) is 0. The van der Waals surface area contributed by atoms with Gasteiger partial charge >= 0.3 is 0 Å². The zero-order chi connectivity index (χ0) is 10.7. The largest absolute Gasteiger partial charge is 0.345 e. The molecule has 1 heterocycles. The fraction of sp³-hybridized carbons (Fsp3) is 0.833. The van der Waals surface area contributed by atoms with E-state index >= 15 is 0 Å². The Bertz CT molecular complexity index is 206. The summed E-state index contributed by atoms with van der Waals surface area (Å²) in [7, 11) is 0. The molecule has 0 N–H and O–H groups in total. The fourth-order valence-corrected chi connectivity index (χ4v) is 2.99. The van der Waals surface area contributed by atoms with Crippen molar-refractivity contribution in [2.24, 2.45) is 11.3 Å². The van der Waals surface area contributed by atoms with Gasteiger partial charge in [-0.05, 0) is 43.9 Å². The maximum absolute atomic E-state index is 10.7. The molecule has 0 atom stereocenters. The third-order valence-electron chi connectivity index (χ3n) is 4.29. The summed E-state index contributed by atoms with van der Waals surface area (Å²) in [6.45, 7) is 1.82. The van der Waals surface area contributed by atoms with E-state index in [1.807, 2.05) is 4.90 Å². The third-order valence-corrected chi connectivity index (χ3v) is 4.29. The lowest BCUT2D eigenvalue weighted by atomic mass is 9.66.